The first-order valence-corrected chi connectivity index (χ1v) is 6.99. The zero-order chi connectivity index (χ0) is 12.1. The van der Waals surface area contributed by atoms with Gasteiger partial charge in [-0.1, -0.05) is 19.8 Å². The van der Waals surface area contributed by atoms with Gasteiger partial charge in [-0.15, -0.1) is 0 Å². The summed E-state index contributed by atoms with van der Waals surface area (Å²) in [6.07, 6.45) is 8.81. The Hall–Kier alpha value is -0.830. The maximum atomic E-state index is 4.52. The Balaban J connectivity index is 1.91. The predicted molar refractivity (Wildman–Crippen MR) is 70.9 cm³/mol. The monoisotopic (exact) mass is 235 g/mol. The first kappa shape index (κ1) is 12.6. The van der Waals surface area contributed by atoms with Crippen LogP contribution in [-0.4, -0.2) is 22.9 Å². The van der Waals surface area contributed by atoms with E-state index >= 15 is 0 Å². The van der Waals surface area contributed by atoms with Gasteiger partial charge in [-0.3, -0.25) is 4.68 Å². The first-order chi connectivity index (χ1) is 8.29. The van der Waals surface area contributed by atoms with E-state index in [0.717, 1.165) is 24.8 Å². The van der Waals surface area contributed by atoms with Crippen LogP contribution in [-0.2, 0) is 13.5 Å². The number of aryl methyl sites for hydroxylation is 1. The first-order valence-electron chi connectivity index (χ1n) is 6.99. The maximum absolute atomic E-state index is 4.52. The van der Waals surface area contributed by atoms with E-state index in [1.807, 2.05) is 11.7 Å². The van der Waals surface area contributed by atoms with Crippen LogP contribution in [0.2, 0.25) is 0 Å². The van der Waals surface area contributed by atoms with E-state index in [9.17, 15) is 0 Å². The maximum Gasteiger partial charge on any atom is 0.0627 e. The molecule has 1 aliphatic rings. The van der Waals surface area contributed by atoms with Crippen LogP contribution in [0.4, 0.5) is 0 Å². The molecule has 0 bridgehead atoms. The van der Waals surface area contributed by atoms with E-state index in [1.54, 1.807) is 0 Å². The molecule has 1 heterocycles. The number of hydrogen-bond acceptors (Lipinski definition) is 2. The average Bonchev–Trinajstić information content (AvgIpc) is 2.74. The highest BCUT2D eigenvalue weighted by molar-refractivity contribution is 5.01. The molecule has 3 heteroatoms. The van der Waals surface area contributed by atoms with Crippen LogP contribution < -0.4 is 5.32 Å². The van der Waals surface area contributed by atoms with Crippen molar-refractivity contribution in [3.05, 3.63) is 18.0 Å². The van der Waals surface area contributed by atoms with Crippen molar-refractivity contribution in [1.29, 1.82) is 0 Å². The molecule has 0 aliphatic heterocycles. The topological polar surface area (TPSA) is 29.9 Å². The average molecular weight is 235 g/mol. The van der Waals surface area contributed by atoms with Gasteiger partial charge in [0, 0.05) is 13.2 Å². The molecule has 2 unspecified atom stereocenters. The molecule has 0 saturated heterocycles. The molecule has 1 N–H and O–H groups in total. The molecule has 96 valence electrons. The van der Waals surface area contributed by atoms with Crippen molar-refractivity contribution >= 4 is 0 Å². The summed E-state index contributed by atoms with van der Waals surface area (Å²) in [5.74, 6) is 1.68. The zero-order valence-electron chi connectivity index (χ0n) is 11.2. The lowest BCUT2D eigenvalue weighted by Gasteiger charge is -2.31. The molecule has 1 aromatic rings. The van der Waals surface area contributed by atoms with Crippen LogP contribution in [0, 0.1) is 11.8 Å². The van der Waals surface area contributed by atoms with Crippen molar-refractivity contribution < 1.29 is 0 Å². The van der Waals surface area contributed by atoms with Gasteiger partial charge in [-0.25, -0.2) is 0 Å². The summed E-state index contributed by atoms with van der Waals surface area (Å²) in [6.45, 7) is 4.47. The fraction of sp³-hybridized carbons (Fsp3) is 0.786. The quantitative estimate of drug-likeness (QED) is 0.849. The number of nitrogens with zero attached hydrogens (tertiary/aromatic N) is 2. The largest absolute Gasteiger partial charge is 0.317 e. The Labute approximate surface area is 105 Å². The lowest BCUT2D eigenvalue weighted by atomic mass is 9.77. The van der Waals surface area contributed by atoms with Gasteiger partial charge in [-0.05, 0) is 50.3 Å². The van der Waals surface area contributed by atoms with Gasteiger partial charge in [0.15, 0.2) is 0 Å². The Bertz CT molecular complexity index is 332. The summed E-state index contributed by atoms with van der Waals surface area (Å²) in [5, 5.41) is 8.03. The third kappa shape index (κ3) is 3.56. The van der Waals surface area contributed by atoms with Gasteiger partial charge < -0.3 is 5.32 Å². The highest BCUT2D eigenvalue weighted by atomic mass is 15.2. The van der Waals surface area contributed by atoms with Crippen molar-refractivity contribution in [2.24, 2.45) is 18.9 Å². The van der Waals surface area contributed by atoms with E-state index < -0.39 is 0 Å². The Morgan fingerprint density at radius 1 is 1.35 bits per heavy atom. The normalized spacial score (nSPS) is 25.1. The number of aromatic nitrogens is 2. The van der Waals surface area contributed by atoms with E-state index in [1.165, 1.54) is 37.9 Å². The van der Waals surface area contributed by atoms with Crippen molar-refractivity contribution in [2.45, 2.75) is 39.0 Å². The standard InChI is InChI=1S/C14H25N3/c1-3-15-11-13-7-5-4-6-12(13)10-14-8-9-17(2)16-14/h8-9,12-13,15H,3-7,10-11H2,1-2H3. The summed E-state index contributed by atoms with van der Waals surface area (Å²) in [6, 6.07) is 2.17. The van der Waals surface area contributed by atoms with E-state index in [0.29, 0.717) is 0 Å². The van der Waals surface area contributed by atoms with Crippen molar-refractivity contribution in [3.8, 4) is 0 Å². The third-order valence-electron chi connectivity index (χ3n) is 3.96. The van der Waals surface area contributed by atoms with Crippen LogP contribution >= 0.6 is 0 Å². The van der Waals surface area contributed by atoms with Crippen LogP contribution in [0.25, 0.3) is 0 Å². The Morgan fingerprint density at radius 2 is 2.12 bits per heavy atom. The second kappa shape index (κ2) is 6.20. The third-order valence-corrected chi connectivity index (χ3v) is 3.96. The van der Waals surface area contributed by atoms with Crippen molar-refractivity contribution in [3.63, 3.8) is 0 Å². The van der Waals surface area contributed by atoms with Crippen molar-refractivity contribution in [2.75, 3.05) is 13.1 Å². The van der Waals surface area contributed by atoms with Crippen LogP contribution in [0.1, 0.15) is 38.3 Å². The second-order valence-corrected chi connectivity index (χ2v) is 5.30. The highest BCUT2D eigenvalue weighted by Crippen LogP contribution is 2.31. The number of hydrogen-bond donors (Lipinski definition) is 1. The second-order valence-electron chi connectivity index (χ2n) is 5.30. The Morgan fingerprint density at radius 3 is 2.76 bits per heavy atom. The fourth-order valence-corrected chi connectivity index (χ4v) is 2.99. The van der Waals surface area contributed by atoms with Gasteiger partial charge in [0.25, 0.3) is 0 Å². The molecule has 2 atom stereocenters. The molecule has 17 heavy (non-hydrogen) atoms. The fourth-order valence-electron chi connectivity index (χ4n) is 2.99. The molecular weight excluding hydrogens is 210 g/mol. The lowest BCUT2D eigenvalue weighted by molar-refractivity contribution is 0.228. The van der Waals surface area contributed by atoms with Gasteiger partial charge in [0.1, 0.15) is 0 Å². The van der Waals surface area contributed by atoms with Gasteiger partial charge in [0.2, 0.25) is 0 Å². The molecule has 0 aromatic carbocycles. The molecule has 1 fully saturated rings. The van der Waals surface area contributed by atoms with Crippen molar-refractivity contribution in [1.82, 2.24) is 15.1 Å². The number of rotatable bonds is 5. The van der Waals surface area contributed by atoms with Gasteiger partial charge in [-0.2, -0.15) is 5.10 Å². The molecule has 0 spiro atoms. The molecule has 0 radical (unpaired) electrons. The minimum atomic E-state index is 0.831. The summed E-state index contributed by atoms with van der Waals surface area (Å²) in [5.41, 5.74) is 1.26. The number of nitrogens with one attached hydrogen (secondary N) is 1. The van der Waals surface area contributed by atoms with E-state index in [2.05, 4.69) is 29.6 Å². The van der Waals surface area contributed by atoms with Crippen LogP contribution in [0.3, 0.4) is 0 Å². The zero-order valence-corrected chi connectivity index (χ0v) is 11.2. The molecule has 2 rings (SSSR count). The van der Waals surface area contributed by atoms with E-state index in [-0.39, 0.29) is 0 Å². The summed E-state index contributed by atoms with van der Waals surface area (Å²) >= 11 is 0. The van der Waals surface area contributed by atoms with Crippen LogP contribution in [0.5, 0.6) is 0 Å². The smallest absolute Gasteiger partial charge is 0.0627 e. The molecular formula is C14H25N3. The Kier molecular flexibility index (Phi) is 4.60. The molecule has 0 amide bonds. The SMILES string of the molecule is CCNCC1CCCCC1Cc1ccn(C)n1. The highest BCUT2D eigenvalue weighted by Gasteiger charge is 2.25. The summed E-state index contributed by atoms with van der Waals surface area (Å²) in [7, 11) is 2.00. The summed E-state index contributed by atoms with van der Waals surface area (Å²) < 4.78 is 1.91. The summed E-state index contributed by atoms with van der Waals surface area (Å²) in [4.78, 5) is 0. The van der Waals surface area contributed by atoms with E-state index in [4.69, 9.17) is 0 Å². The minimum Gasteiger partial charge on any atom is -0.317 e. The minimum absolute atomic E-state index is 0.831. The molecule has 1 aliphatic carbocycles. The lowest BCUT2D eigenvalue weighted by Crippen LogP contribution is -2.31. The predicted octanol–water partition coefficient (Wildman–Crippen LogP) is 2.38. The van der Waals surface area contributed by atoms with Gasteiger partial charge >= 0.3 is 0 Å². The van der Waals surface area contributed by atoms with Gasteiger partial charge in [0.05, 0.1) is 5.69 Å². The molecule has 1 saturated carbocycles. The molecule has 1 aromatic heterocycles. The molecule has 3 nitrogen and oxygen atoms in total. The van der Waals surface area contributed by atoms with Crippen LogP contribution in [0.15, 0.2) is 12.3 Å².